The molecule has 5 nitrogen and oxygen atoms in total. The molecule has 1 aliphatic rings. The maximum absolute atomic E-state index is 12.7. The number of hydrogen-bond donors (Lipinski definition) is 1. The zero-order valence-electron chi connectivity index (χ0n) is 16.3. The molecule has 1 aliphatic heterocycles. The molecule has 0 spiro atoms. The van der Waals surface area contributed by atoms with Crippen molar-refractivity contribution < 1.29 is 14.3 Å². The van der Waals surface area contributed by atoms with Gasteiger partial charge in [0.2, 0.25) is 11.8 Å². The number of ether oxygens (including phenoxy) is 1. The number of anilines is 2. The molecule has 1 atom stereocenters. The molecule has 0 saturated carbocycles. The number of rotatable bonds is 5. The molecule has 3 rings (SSSR count). The molecule has 1 heterocycles. The van der Waals surface area contributed by atoms with Crippen molar-refractivity contribution in [1.82, 2.24) is 0 Å². The molecule has 2 amide bonds. The third kappa shape index (κ3) is 4.13. The summed E-state index contributed by atoms with van der Waals surface area (Å²) in [5, 5.41) is 2.96. The lowest BCUT2D eigenvalue weighted by molar-refractivity contribution is -0.122. The Morgan fingerprint density at radius 3 is 2.70 bits per heavy atom. The van der Waals surface area contributed by atoms with Crippen LogP contribution in [0.15, 0.2) is 42.5 Å². The number of hydrogen-bond acceptors (Lipinski definition) is 3. The number of aryl methyl sites for hydroxylation is 1. The molecular weight excluding hydrogens is 340 g/mol. The molecule has 0 bridgehead atoms. The molecule has 142 valence electrons. The van der Waals surface area contributed by atoms with Crippen molar-refractivity contribution >= 4 is 23.2 Å². The van der Waals surface area contributed by atoms with Gasteiger partial charge in [0.05, 0.1) is 18.7 Å². The average Bonchev–Trinajstić information content (AvgIpc) is 3.03. The van der Waals surface area contributed by atoms with Crippen LogP contribution in [0, 0.1) is 12.8 Å². The molecule has 5 heteroatoms. The molecule has 1 fully saturated rings. The van der Waals surface area contributed by atoms with Crippen molar-refractivity contribution in [2.45, 2.75) is 33.1 Å². The summed E-state index contributed by atoms with van der Waals surface area (Å²) in [5.41, 5.74) is 3.70. The third-order valence-corrected chi connectivity index (χ3v) is 4.94. The lowest BCUT2D eigenvalue weighted by atomic mass is 10.0. The zero-order valence-corrected chi connectivity index (χ0v) is 16.3. The average molecular weight is 366 g/mol. The fraction of sp³-hybridized carbons (Fsp3) is 0.364. The van der Waals surface area contributed by atoms with Gasteiger partial charge in [-0.3, -0.25) is 9.59 Å². The van der Waals surface area contributed by atoms with Crippen LogP contribution in [0.2, 0.25) is 0 Å². The maximum atomic E-state index is 12.7. The van der Waals surface area contributed by atoms with E-state index in [2.05, 4.69) is 19.2 Å². The summed E-state index contributed by atoms with van der Waals surface area (Å²) in [6, 6.07) is 13.6. The van der Waals surface area contributed by atoms with Gasteiger partial charge in [0.1, 0.15) is 5.75 Å². The second-order valence-electron chi connectivity index (χ2n) is 7.35. The van der Waals surface area contributed by atoms with Gasteiger partial charge in [0, 0.05) is 18.7 Å². The molecule has 1 N–H and O–H groups in total. The summed E-state index contributed by atoms with van der Waals surface area (Å²) in [6.45, 7) is 6.55. The van der Waals surface area contributed by atoms with Gasteiger partial charge in [0.25, 0.3) is 0 Å². The van der Waals surface area contributed by atoms with E-state index in [0.717, 1.165) is 16.9 Å². The van der Waals surface area contributed by atoms with Gasteiger partial charge in [-0.15, -0.1) is 0 Å². The smallest absolute Gasteiger partial charge is 0.229 e. The highest BCUT2D eigenvalue weighted by Gasteiger charge is 2.36. The first-order valence-corrected chi connectivity index (χ1v) is 9.25. The largest absolute Gasteiger partial charge is 0.495 e. The standard InChI is InChI=1S/C22H26N2O3/c1-14(2)16-6-5-7-18(11-16)23-22(26)17-12-21(25)24(13-17)19-10-15(3)8-9-20(19)27-4/h5-11,14,17H,12-13H2,1-4H3,(H,23,26). The number of nitrogens with zero attached hydrogens (tertiary/aromatic N) is 1. The van der Waals surface area contributed by atoms with Crippen LogP contribution in [-0.4, -0.2) is 25.5 Å². The summed E-state index contributed by atoms with van der Waals surface area (Å²) in [4.78, 5) is 26.9. The van der Waals surface area contributed by atoms with Gasteiger partial charge in [-0.05, 0) is 48.2 Å². The van der Waals surface area contributed by atoms with Crippen LogP contribution in [-0.2, 0) is 9.59 Å². The number of nitrogens with one attached hydrogen (secondary N) is 1. The Balaban J connectivity index is 1.75. The minimum Gasteiger partial charge on any atom is -0.495 e. The summed E-state index contributed by atoms with van der Waals surface area (Å²) in [5.74, 6) is 0.456. The minimum absolute atomic E-state index is 0.0602. The Labute approximate surface area is 160 Å². The lowest BCUT2D eigenvalue weighted by Crippen LogP contribution is -2.28. The van der Waals surface area contributed by atoms with Crippen LogP contribution >= 0.6 is 0 Å². The van der Waals surface area contributed by atoms with E-state index < -0.39 is 0 Å². The monoisotopic (exact) mass is 366 g/mol. The normalized spacial score (nSPS) is 16.7. The number of carbonyl (C=O) groups is 2. The summed E-state index contributed by atoms with van der Waals surface area (Å²) in [7, 11) is 1.58. The van der Waals surface area contributed by atoms with Crippen LogP contribution in [0.1, 0.15) is 37.3 Å². The fourth-order valence-electron chi connectivity index (χ4n) is 3.35. The minimum atomic E-state index is -0.384. The second-order valence-corrected chi connectivity index (χ2v) is 7.35. The van der Waals surface area contributed by atoms with Gasteiger partial charge in [0.15, 0.2) is 0 Å². The van der Waals surface area contributed by atoms with Crippen LogP contribution in [0.4, 0.5) is 11.4 Å². The van der Waals surface area contributed by atoms with Gasteiger partial charge >= 0.3 is 0 Å². The van der Waals surface area contributed by atoms with E-state index in [1.165, 1.54) is 5.56 Å². The molecule has 2 aromatic carbocycles. The van der Waals surface area contributed by atoms with Crippen LogP contribution in [0.25, 0.3) is 0 Å². The molecule has 0 aromatic heterocycles. The van der Waals surface area contributed by atoms with Gasteiger partial charge in [-0.25, -0.2) is 0 Å². The van der Waals surface area contributed by atoms with Crippen molar-refractivity contribution in [2.75, 3.05) is 23.9 Å². The highest BCUT2D eigenvalue weighted by atomic mass is 16.5. The van der Waals surface area contributed by atoms with Crippen molar-refractivity contribution in [2.24, 2.45) is 5.92 Å². The zero-order chi connectivity index (χ0) is 19.6. The Morgan fingerprint density at radius 1 is 1.22 bits per heavy atom. The summed E-state index contributed by atoms with van der Waals surface area (Å²) in [6.07, 6.45) is 0.201. The van der Waals surface area contributed by atoms with Crippen LogP contribution < -0.4 is 15.0 Å². The Kier molecular flexibility index (Phi) is 5.49. The lowest BCUT2D eigenvalue weighted by Gasteiger charge is -2.20. The molecule has 1 unspecified atom stereocenters. The quantitative estimate of drug-likeness (QED) is 0.866. The molecular formula is C22H26N2O3. The van der Waals surface area contributed by atoms with E-state index in [-0.39, 0.29) is 24.2 Å². The van der Waals surface area contributed by atoms with E-state index >= 15 is 0 Å². The second kappa shape index (κ2) is 7.82. The van der Waals surface area contributed by atoms with E-state index in [1.54, 1.807) is 12.0 Å². The molecule has 27 heavy (non-hydrogen) atoms. The first-order chi connectivity index (χ1) is 12.9. The first kappa shape index (κ1) is 19.0. The van der Waals surface area contributed by atoms with Gasteiger partial charge in [-0.2, -0.15) is 0 Å². The first-order valence-electron chi connectivity index (χ1n) is 9.25. The molecule has 1 saturated heterocycles. The van der Waals surface area contributed by atoms with Crippen LogP contribution in [0.5, 0.6) is 5.75 Å². The van der Waals surface area contributed by atoms with Crippen molar-refractivity contribution in [3.8, 4) is 5.75 Å². The number of carbonyl (C=O) groups excluding carboxylic acids is 2. The number of benzene rings is 2. The summed E-state index contributed by atoms with van der Waals surface area (Å²) < 4.78 is 5.39. The van der Waals surface area contributed by atoms with Gasteiger partial charge < -0.3 is 15.0 Å². The molecule has 0 aliphatic carbocycles. The highest BCUT2D eigenvalue weighted by Crippen LogP contribution is 2.34. The van der Waals surface area contributed by atoms with Gasteiger partial charge in [-0.1, -0.05) is 32.0 Å². The van der Waals surface area contributed by atoms with Crippen molar-refractivity contribution in [3.05, 3.63) is 53.6 Å². The topological polar surface area (TPSA) is 58.6 Å². The van der Waals surface area contributed by atoms with Crippen molar-refractivity contribution in [1.29, 1.82) is 0 Å². The number of amides is 2. The highest BCUT2D eigenvalue weighted by molar-refractivity contribution is 6.04. The van der Waals surface area contributed by atoms with Crippen LogP contribution in [0.3, 0.4) is 0 Å². The predicted octanol–water partition coefficient (Wildman–Crippen LogP) is 4.12. The number of methoxy groups -OCH3 is 1. The Morgan fingerprint density at radius 2 is 2.00 bits per heavy atom. The third-order valence-electron chi connectivity index (χ3n) is 4.94. The summed E-state index contributed by atoms with van der Waals surface area (Å²) >= 11 is 0. The Hall–Kier alpha value is -2.82. The van der Waals surface area contributed by atoms with E-state index in [1.807, 2.05) is 49.4 Å². The van der Waals surface area contributed by atoms with E-state index in [0.29, 0.717) is 18.2 Å². The van der Waals surface area contributed by atoms with E-state index in [4.69, 9.17) is 4.74 Å². The van der Waals surface area contributed by atoms with E-state index in [9.17, 15) is 9.59 Å². The van der Waals surface area contributed by atoms with Crippen molar-refractivity contribution in [3.63, 3.8) is 0 Å². The molecule has 0 radical (unpaired) electrons. The maximum Gasteiger partial charge on any atom is 0.229 e. The predicted molar refractivity (Wildman–Crippen MR) is 107 cm³/mol. The SMILES string of the molecule is COc1ccc(C)cc1N1CC(C(=O)Nc2cccc(C(C)C)c2)CC1=O. The molecule has 2 aromatic rings. The Bertz CT molecular complexity index is 860. The fourth-order valence-corrected chi connectivity index (χ4v) is 3.35.